The van der Waals surface area contributed by atoms with Crippen molar-refractivity contribution < 1.29 is 14.0 Å². The Bertz CT molecular complexity index is 463. The third-order valence-electron chi connectivity index (χ3n) is 2.03. The van der Waals surface area contributed by atoms with E-state index in [1.807, 2.05) is 36.4 Å². The fraction of sp³-hybridized carbons (Fsp3) is 0.333. The molecule has 0 bridgehead atoms. The topological polar surface area (TPSA) is 58.2 Å². The molecule has 1 aromatic carbocycles. The van der Waals surface area contributed by atoms with Crippen LogP contribution >= 0.6 is 22.6 Å². The zero-order valence-electron chi connectivity index (χ0n) is 10.1. The van der Waals surface area contributed by atoms with Crippen LogP contribution in [0.25, 0.3) is 0 Å². The summed E-state index contributed by atoms with van der Waals surface area (Å²) >= 11 is 1.88. The molecule has 18 heavy (non-hydrogen) atoms. The van der Waals surface area contributed by atoms with Crippen molar-refractivity contribution in [3.8, 4) is 0 Å². The van der Waals surface area contributed by atoms with Crippen molar-refractivity contribution in [1.82, 2.24) is 10.6 Å². The lowest BCUT2D eigenvalue weighted by molar-refractivity contribution is -0.120. The molecule has 0 atom stereocenters. The van der Waals surface area contributed by atoms with Crippen LogP contribution < -0.4 is 10.6 Å². The molecule has 0 saturated heterocycles. The molecule has 98 valence electrons. The number of nitrogens with one attached hydrogen (secondary N) is 2. The Labute approximate surface area is 118 Å². The van der Waals surface area contributed by atoms with Gasteiger partial charge in [-0.05, 0) is 54.6 Å². The van der Waals surface area contributed by atoms with Crippen LogP contribution in [0.15, 0.2) is 18.2 Å². The summed E-state index contributed by atoms with van der Waals surface area (Å²) in [6.07, 6.45) is 0. The van der Waals surface area contributed by atoms with Gasteiger partial charge in [-0.25, -0.2) is 4.39 Å². The Balaban J connectivity index is 2.58. The van der Waals surface area contributed by atoms with Gasteiger partial charge in [-0.3, -0.25) is 9.59 Å². The van der Waals surface area contributed by atoms with Crippen molar-refractivity contribution in [2.24, 2.45) is 0 Å². The Kier molecular flexibility index (Phi) is 5.52. The second kappa shape index (κ2) is 6.67. The third-order valence-corrected chi connectivity index (χ3v) is 2.93. The van der Waals surface area contributed by atoms with E-state index < -0.39 is 11.7 Å². The molecule has 6 heteroatoms. The molecule has 0 spiro atoms. The molecular weight excluding hydrogens is 350 g/mol. The van der Waals surface area contributed by atoms with Gasteiger partial charge in [-0.2, -0.15) is 0 Å². The molecule has 0 aliphatic rings. The first kappa shape index (κ1) is 14.9. The number of rotatable bonds is 4. The lowest BCUT2D eigenvalue weighted by Gasteiger charge is -2.10. The van der Waals surface area contributed by atoms with Crippen molar-refractivity contribution in [1.29, 1.82) is 0 Å². The minimum Gasteiger partial charge on any atom is -0.352 e. The van der Waals surface area contributed by atoms with Crippen LogP contribution in [0.3, 0.4) is 0 Å². The van der Waals surface area contributed by atoms with E-state index in [0.717, 1.165) is 0 Å². The summed E-state index contributed by atoms with van der Waals surface area (Å²) in [4.78, 5) is 23.1. The van der Waals surface area contributed by atoms with E-state index in [-0.39, 0.29) is 18.5 Å². The zero-order chi connectivity index (χ0) is 13.7. The highest BCUT2D eigenvalue weighted by molar-refractivity contribution is 14.1. The van der Waals surface area contributed by atoms with Crippen LogP contribution in [-0.2, 0) is 4.79 Å². The number of halogens is 2. The van der Waals surface area contributed by atoms with Gasteiger partial charge in [0.25, 0.3) is 5.91 Å². The van der Waals surface area contributed by atoms with Gasteiger partial charge in [0.2, 0.25) is 5.91 Å². The molecule has 1 rings (SSSR count). The fourth-order valence-corrected chi connectivity index (χ4v) is 2.02. The number of hydrogen-bond acceptors (Lipinski definition) is 2. The quantitative estimate of drug-likeness (QED) is 0.799. The Morgan fingerprint density at radius 1 is 1.39 bits per heavy atom. The molecule has 0 radical (unpaired) electrons. The molecule has 4 nitrogen and oxygen atoms in total. The van der Waals surface area contributed by atoms with Gasteiger partial charge >= 0.3 is 0 Å². The van der Waals surface area contributed by atoms with Crippen LogP contribution in [0.1, 0.15) is 24.2 Å². The van der Waals surface area contributed by atoms with Crippen LogP contribution in [0.2, 0.25) is 0 Å². The number of carbonyl (C=O) groups is 2. The third kappa shape index (κ3) is 4.59. The molecule has 0 saturated carbocycles. The summed E-state index contributed by atoms with van der Waals surface area (Å²) in [5, 5.41) is 5.14. The summed E-state index contributed by atoms with van der Waals surface area (Å²) < 4.78 is 13.4. The van der Waals surface area contributed by atoms with Crippen LogP contribution in [-0.4, -0.2) is 24.4 Å². The minimum atomic E-state index is -0.395. The highest BCUT2D eigenvalue weighted by Crippen LogP contribution is 2.13. The van der Waals surface area contributed by atoms with E-state index in [9.17, 15) is 14.0 Å². The molecule has 0 aliphatic heterocycles. The molecular formula is C12H14FIN2O2. The van der Waals surface area contributed by atoms with E-state index in [1.54, 1.807) is 0 Å². The highest BCUT2D eigenvalue weighted by atomic mass is 127. The highest BCUT2D eigenvalue weighted by Gasteiger charge is 2.12. The monoisotopic (exact) mass is 364 g/mol. The van der Waals surface area contributed by atoms with E-state index in [4.69, 9.17) is 0 Å². The summed E-state index contributed by atoms with van der Waals surface area (Å²) in [5.41, 5.74) is 0.356. The Morgan fingerprint density at radius 2 is 2.06 bits per heavy atom. The van der Waals surface area contributed by atoms with Gasteiger partial charge in [0.1, 0.15) is 5.82 Å². The van der Waals surface area contributed by atoms with Crippen LogP contribution in [0.5, 0.6) is 0 Å². The van der Waals surface area contributed by atoms with Crippen molar-refractivity contribution in [2.75, 3.05) is 6.54 Å². The van der Waals surface area contributed by atoms with E-state index >= 15 is 0 Å². The zero-order valence-corrected chi connectivity index (χ0v) is 12.2. The number of benzene rings is 1. The second-order valence-corrected chi connectivity index (χ2v) is 5.19. The summed E-state index contributed by atoms with van der Waals surface area (Å²) in [5.74, 6) is -1.04. The summed E-state index contributed by atoms with van der Waals surface area (Å²) in [6.45, 7) is 3.58. The van der Waals surface area contributed by atoms with E-state index in [1.165, 1.54) is 18.2 Å². The van der Waals surface area contributed by atoms with Gasteiger partial charge in [0, 0.05) is 9.61 Å². The molecule has 0 fully saturated rings. The van der Waals surface area contributed by atoms with E-state index in [2.05, 4.69) is 10.6 Å². The molecule has 2 N–H and O–H groups in total. The molecule has 0 heterocycles. The molecule has 0 aromatic heterocycles. The maximum atomic E-state index is 12.9. The molecule has 0 unspecified atom stereocenters. The fourth-order valence-electron chi connectivity index (χ4n) is 1.30. The lowest BCUT2D eigenvalue weighted by Crippen LogP contribution is -2.40. The molecule has 2 amide bonds. The molecule has 0 aliphatic carbocycles. The average molecular weight is 364 g/mol. The van der Waals surface area contributed by atoms with Gasteiger partial charge in [0.15, 0.2) is 0 Å². The number of hydrogen-bond donors (Lipinski definition) is 2. The largest absolute Gasteiger partial charge is 0.352 e. The minimum absolute atomic E-state index is 0.0281. The first-order valence-electron chi connectivity index (χ1n) is 5.42. The standard InChI is InChI=1S/C12H14FIN2O2/c1-7(2)16-11(17)6-15-12(18)9-4-3-8(13)5-10(9)14/h3-5,7H,6H2,1-2H3,(H,15,18)(H,16,17). The average Bonchev–Trinajstić information content (AvgIpc) is 2.25. The number of carbonyl (C=O) groups excluding carboxylic acids is 2. The predicted octanol–water partition coefficient (Wildman–Crippen LogP) is 1.68. The van der Waals surface area contributed by atoms with E-state index in [0.29, 0.717) is 9.13 Å². The Hall–Kier alpha value is -1.18. The predicted molar refractivity (Wildman–Crippen MR) is 74.7 cm³/mol. The van der Waals surface area contributed by atoms with Crippen molar-refractivity contribution in [2.45, 2.75) is 19.9 Å². The van der Waals surface area contributed by atoms with Gasteiger partial charge in [0.05, 0.1) is 12.1 Å². The summed E-state index contributed by atoms with van der Waals surface area (Å²) in [7, 11) is 0. The van der Waals surface area contributed by atoms with Gasteiger partial charge < -0.3 is 10.6 Å². The second-order valence-electron chi connectivity index (χ2n) is 4.03. The maximum Gasteiger partial charge on any atom is 0.252 e. The first-order valence-corrected chi connectivity index (χ1v) is 6.50. The van der Waals surface area contributed by atoms with Crippen LogP contribution in [0.4, 0.5) is 4.39 Å². The number of amides is 2. The smallest absolute Gasteiger partial charge is 0.252 e. The molecule has 1 aromatic rings. The first-order chi connectivity index (χ1) is 8.40. The van der Waals surface area contributed by atoms with Gasteiger partial charge in [-0.1, -0.05) is 0 Å². The summed E-state index contributed by atoms with van der Waals surface area (Å²) in [6, 6.07) is 3.90. The maximum absolute atomic E-state index is 12.9. The van der Waals surface area contributed by atoms with Gasteiger partial charge in [-0.15, -0.1) is 0 Å². The van der Waals surface area contributed by atoms with Crippen molar-refractivity contribution in [3.05, 3.63) is 33.1 Å². The SMILES string of the molecule is CC(C)NC(=O)CNC(=O)c1ccc(F)cc1I. The lowest BCUT2D eigenvalue weighted by atomic mass is 10.2. The van der Waals surface area contributed by atoms with Crippen molar-refractivity contribution in [3.63, 3.8) is 0 Å². The van der Waals surface area contributed by atoms with Crippen molar-refractivity contribution >= 4 is 34.4 Å². The Morgan fingerprint density at radius 3 is 2.61 bits per heavy atom. The van der Waals surface area contributed by atoms with Crippen LogP contribution in [0, 0.1) is 9.39 Å². The normalized spacial score (nSPS) is 10.3.